The molecule has 0 spiro atoms. The minimum Gasteiger partial charge on any atom is -0.397 e. The van der Waals surface area contributed by atoms with E-state index in [9.17, 15) is 19.2 Å². The zero-order chi connectivity index (χ0) is 32.9. The zero-order valence-corrected chi connectivity index (χ0v) is 27.4. The molecule has 2 N–H and O–H groups in total. The van der Waals surface area contributed by atoms with E-state index in [-0.39, 0.29) is 50.0 Å². The van der Waals surface area contributed by atoms with Crippen molar-refractivity contribution in [2.75, 3.05) is 36.8 Å². The van der Waals surface area contributed by atoms with Crippen molar-refractivity contribution in [3.63, 3.8) is 0 Å². The number of nitrogens with two attached hydrogens (primary N) is 1. The number of amides is 1. The summed E-state index contributed by atoms with van der Waals surface area (Å²) in [5.74, 6) is -1.33. The number of aryl methyl sites for hydroxylation is 1. The van der Waals surface area contributed by atoms with Gasteiger partial charge in [-0.15, -0.1) is 0 Å². The Bertz CT molecular complexity index is 1990. The van der Waals surface area contributed by atoms with Crippen LogP contribution in [-0.2, 0) is 4.79 Å². The van der Waals surface area contributed by atoms with Crippen molar-refractivity contribution >= 4 is 74.7 Å². The fourth-order valence-corrected chi connectivity index (χ4v) is 6.47. The average Bonchev–Trinajstić information content (AvgIpc) is 3.02. The molecule has 1 amide bonds. The molecule has 4 heterocycles. The molecular weight excluding hydrogens is 663 g/mol. The van der Waals surface area contributed by atoms with E-state index in [1.165, 1.54) is 10.6 Å². The smallest absolute Gasteiger partial charge is 0.276 e. The highest BCUT2D eigenvalue weighted by atomic mass is 35.5. The number of hydrogen-bond donors (Lipinski definition) is 1. The fraction of sp³-hybridized carbons (Fsp3) is 0.258. The van der Waals surface area contributed by atoms with Crippen LogP contribution < -0.4 is 16.2 Å². The number of nitriles is 1. The lowest BCUT2D eigenvalue weighted by Crippen LogP contribution is -2.49. The minimum atomic E-state index is -0.999. The SMILES string of the molecule is C=CC(=O)N1CCN(c2c(C#N)c(=O)n(-c3c(C)ccnc3C(C)C)c3nc(-c4c(N)c(Cl)c(F)c(Cl)c4Cl)c(Cl)cc23)CC1. The summed E-state index contributed by atoms with van der Waals surface area (Å²) in [7, 11) is 0. The number of anilines is 2. The van der Waals surface area contributed by atoms with Crippen LogP contribution in [0, 0.1) is 24.1 Å². The van der Waals surface area contributed by atoms with Crippen molar-refractivity contribution < 1.29 is 9.18 Å². The number of carbonyl (C=O) groups excluding carboxylic acids is 1. The van der Waals surface area contributed by atoms with Crippen LogP contribution in [0.2, 0.25) is 20.1 Å². The van der Waals surface area contributed by atoms with Crippen LogP contribution in [0.5, 0.6) is 0 Å². The lowest BCUT2D eigenvalue weighted by atomic mass is 10.0. The van der Waals surface area contributed by atoms with E-state index >= 15 is 0 Å². The van der Waals surface area contributed by atoms with Gasteiger partial charge in [0.15, 0.2) is 5.82 Å². The summed E-state index contributed by atoms with van der Waals surface area (Å²) in [4.78, 5) is 39.5. The third-order valence-corrected chi connectivity index (χ3v) is 9.22. The summed E-state index contributed by atoms with van der Waals surface area (Å²) >= 11 is 25.7. The predicted molar refractivity (Wildman–Crippen MR) is 178 cm³/mol. The lowest BCUT2D eigenvalue weighted by Gasteiger charge is -2.36. The number of piperazine rings is 1. The Hall–Kier alpha value is -3.88. The fourth-order valence-electron chi connectivity index (χ4n) is 5.52. The summed E-state index contributed by atoms with van der Waals surface area (Å²) < 4.78 is 16.0. The van der Waals surface area contributed by atoms with Crippen LogP contribution in [-0.4, -0.2) is 51.5 Å². The van der Waals surface area contributed by atoms with Gasteiger partial charge in [0.05, 0.1) is 43.5 Å². The number of halogens is 5. The van der Waals surface area contributed by atoms with Gasteiger partial charge in [0.1, 0.15) is 22.3 Å². The van der Waals surface area contributed by atoms with Crippen LogP contribution >= 0.6 is 46.4 Å². The van der Waals surface area contributed by atoms with E-state index in [0.29, 0.717) is 54.2 Å². The topological polar surface area (TPSA) is 121 Å². The van der Waals surface area contributed by atoms with Crippen LogP contribution in [0.4, 0.5) is 15.8 Å². The van der Waals surface area contributed by atoms with Crippen LogP contribution in [0.1, 0.15) is 36.6 Å². The van der Waals surface area contributed by atoms with Crippen molar-refractivity contribution in [3.8, 4) is 23.0 Å². The quantitative estimate of drug-likeness (QED) is 0.105. The number of nitrogen functional groups attached to an aromatic ring is 1. The van der Waals surface area contributed by atoms with E-state index in [2.05, 4.69) is 17.6 Å². The Morgan fingerprint density at radius 2 is 1.80 bits per heavy atom. The molecule has 0 saturated carbocycles. The zero-order valence-electron chi connectivity index (χ0n) is 24.4. The number of benzene rings is 1. The molecule has 232 valence electrons. The monoisotopic (exact) mass is 687 g/mol. The van der Waals surface area contributed by atoms with Gasteiger partial charge in [0.2, 0.25) is 5.91 Å². The first-order valence-corrected chi connectivity index (χ1v) is 15.3. The second-order valence-electron chi connectivity index (χ2n) is 10.7. The predicted octanol–water partition coefficient (Wildman–Crippen LogP) is 6.92. The Labute approximate surface area is 278 Å². The van der Waals surface area contributed by atoms with Crippen LogP contribution in [0.15, 0.2) is 35.8 Å². The van der Waals surface area contributed by atoms with E-state index in [1.54, 1.807) is 23.2 Å². The summed E-state index contributed by atoms with van der Waals surface area (Å²) in [6, 6.07) is 5.40. The molecule has 1 aliphatic heterocycles. The number of hydrogen-bond acceptors (Lipinski definition) is 7. The van der Waals surface area contributed by atoms with Gasteiger partial charge in [-0.05, 0) is 36.6 Å². The molecule has 1 aliphatic rings. The minimum absolute atomic E-state index is 0.00619. The largest absolute Gasteiger partial charge is 0.397 e. The van der Waals surface area contributed by atoms with Gasteiger partial charge in [-0.25, -0.2) is 9.37 Å². The van der Waals surface area contributed by atoms with E-state index in [1.807, 2.05) is 25.7 Å². The van der Waals surface area contributed by atoms with Gasteiger partial charge in [0.25, 0.3) is 5.56 Å². The van der Waals surface area contributed by atoms with Crippen molar-refractivity contribution in [1.82, 2.24) is 19.4 Å². The Kier molecular flexibility index (Phi) is 9.02. The molecule has 1 fully saturated rings. The van der Waals surface area contributed by atoms with Gasteiger partial charge < -0.3 is 15.5 Å². The maximum Gasteiger partial charge on any atom is 0.276 e. The highest BCUT2D eigenvalue weighted by Crippen LogP contribution is 2.47. The first-order chi connectivity index (χ1) is 21.3. The standard InChI is InChI=1S/C31H26Cl4FN7O2/c1-5-19(44)41-8-10-42(11-9-41)29-16-12-18(32)27(20-21(33)22(34)24(36)23(35)25(20)38)40-30(16)43(31(45)17(29)13-37)28-15(4)6-7-39-26(28)14(2)3/h5-7,12,14H,1,8-11,38H2,2-4H3. The summed E-state index contributed by atoms with van der Waals surface area (Å²) in [5, 5.41) is 9.60. The summed E-state index contributed by atoms with van der Waals surface area (Å²) in [6.07, 6.45) is 2.88. The maximum absolute atomic E-state index is 14.6. The molecule has 4 aromatic rings. The summed E-state index contributed by atoms with van der Waals surface area (Å²) in [6.45, 7) is 10.5. The molecule has 0 unspecified atom stereocenters. The van der Waals surface area contributed by atoms with Crippen molar-refractivity contribution in [3.05, 3.63) is 84.1 Å². The van der Waals surface area contributed by atoms with Gasteiger partial charge in [0, 0.05) is 43.3 Å². The number of nitrogens with zero attached hydrogens (tertiary/aromatic N) is 6. The second-order valence-corrected chi connectivity index (χ2v) is 12.3. The van der Waals surface area contributed by atoms with E-state index in [0.717, 1.165) is 0 Å². The number of aromatic nitrogens is 3. The van der Waals surface area contributed by atoms with Gasteiger partial charge in [-0.1, -0.05) is 66.8 Å². The number of pyridine rings is 3. The molecule has 14 heteroatoms. The molecule has 0 aliphatic carbocycles. The van der Waals surface area contributed by atoms with Crippen molar-refractivity contribution in [2.24, 2.45) is 0 Å². The molecule has 3 aromatic heterocycles. The first kappa shape index (κ1) is 32.5. The van der Waals surface area contributed by atoms with Gasteiger partial charge >= 0.3 is 0 Å². The third-order valence-electron chi connectivity index (χ3n) is 7.74. The third kappa shape index (κ3) is 5.38. The molecule has 1 saturated heterocycles. The van der Waals surface area contributed by atoms with E-state index < -0.39 is 21.4 Å². The Morgan fingerprint density at radius 1 is 1.13 bits per heavy atom. The molecule has 5 rings (SSSR count). The van der Waals surface area contributed by atoms with Crippen LogP contribution in [0.25, 0.3) is 28.0 Å². The number of carbonyl (C=O) groups is 1. The Balaban J connectivity index is 1.93. The van der Waals surface area contributed by atoms with Gasteiger partial charge in [-0.2, -0.15) is 5.26 Å². The highest BCUT2D eigenvalue weighted by Gasteiger charge is 2.31. The number of fused-ring (bicyclic) bond motifs is 1. The van der Waals surface area contributed by atoms with E-state index in [4.69, 9.17) is 57.1 Å². The normalized spacial score (nSPS) is 13.4. The molecule has 1 aromatic carbocycles. The summed E-state index contributed by atoms with van der Waals surface area (Å²) in [5.41, 5.74) is 7.33. The molecule has 0 radical (unpaired) electrons. The molecule has 9 nitrogen and oxygen atoms in total. The second kappa shape index (κ2) is 12.5. The molecule has 45 heavy (non-hydrogen) atoms. The lowest BCUT2D eigenvalue weighted by molar-refractivity contribution is -0.126. The molecular formula is C31H26Cl4FN7O2. The molecule has 0 bridgehead atoms. The maximum atomic E-state index is 14.6. The number of rotatable bonds is 5. The first-order valence-electron chi connectivity index (χ1n) is 13.8. The Morgan fingerprint density at radius 3 is 2.40 bits per heavy atom. The van der Waals surface area contributed by atoms with Crippen molar-refractivity contribution in [1.29, 1.82) is 5.26 Å². The van der Waals surface area contributed by atoms with Crippen LogP contribution in [0.3, 0.4) is 0 Å². The van der Waals surface area contributed by atoms with Gasteiger partial charge in [-0.3, -0.25) is 19.1 Å². The highest BCUT2D eigenvalue weighted by molar-refractivity contribution is 6.47. The van der Waals surface area contributed by atoms with Crippen molar-refractivity contribution in [2.45, 2.75) is 26.7 Å². The molecule has 0 atom stereocenters. The average molecular weight is 689 g/mol.